The number of piperidine rings is 1. The molecule has 1 amide bonds. The quantitative estimate of drug-likeness (QED) is 0.537. The van der Waals surface area contributed by atoms with E-state index in [4.69, 9.17) is 23.2 Å². The number of nitrogens with zero attached hydrogens (tertiary/aromatic N) is 4. The van der Waals surface area contributed by atoms with Gasteiger partial charge in [-0.15, -0.1) is 0 Å². The molecule has 35 heavy (non-hydrogen) atoms. The van der Waals surface area contributed by atoms with E-state index in [9.17, 15) is 4.79 Å². The number of anilines is 1. The summed E-state index contributed by atoms with van der Waals surface area (Å²) in [5.74, 6) is 1.94. The van der Waals surface area contributed by atoms with Crippen molar-refractivity contribution in [1.82, 2.24) is 14.7 Å². The third kappa shape index (κ3) is 5.01. The summed E-state index contributed by atoms with van der Waals surface area (Å²) >= 11 is 13.0. The SMILES string of the molecule is CC(C)C1CCC(N2CCC3(CC2)C(=O)N(CCN2CCN(C)CC2)c2cc(Cl)c(Cl)cc23)CC1. The Bertz CT molecular complexity index is 914. The van der Waals surface area contributed by atoms with Crippen LogP contribution in [0.1, 0.15) is 57.9 Å². The molecule has 0 radical (unpaired) electrons. The maximum Gasteiger partial charge on any atom is 0.237 e. The van der Waals surface area contributed by atoms with Crippen LogP contribution in [-0.2, 0) is 10.2 Å². The first-order chi connectivity index (χ1) is 16.8. The highest BCUT2D eigenvalue weighted by molar-refractivity contribution is 6.42. The summed E-state index contributed by atoms with van der Waals surface area (Å²) in [6.45, 7) is 12.6. The Balaban J connectivity index is 1.29. The predicted octanol–water partition coefficient (Wildman–Crippen LogP) is 5.14. The predicted molar refractivity (Wildman–Crippen MR) is 146 cm³/mol. The highest BCUT2D eigenvalue weighted by atomic mass is 35.5. The summed E-state index contributed by atoms with van der Waals surface area (Å²) in [7, 11) is 2.18. The van der Waals surface area contributed by atoms with Gasteiger partial charge in [-0.25, -0.2) is 0 Å². The average Bonchev–Trinajstić information content (AvgIpc) is 3.06. The van der Waals surface area contributed by atoms with Crippen molar-refractivity contribution in [2.75, 3.05) is 64.3 Å². The Hall–Kier alpha value is -0.850. The molecule has 1 aromatic carbocycles. The number of rotatable bonds is 5. The van der Waals surface area contributed by atoms with Crippen molar-refractivity contribution in [3.63, 3.8) is 0 Å². The minimum atomic E-state index is -0.447. The molecule has 1 spiro atoms. The molecule has 7 heteroatoms. The van der Waals surface area contributed by atoms with E-state index in [-0.39, 0.29) is 5.91 Å². The minimum Gasteiger partial charge on any atom is -0.310 e. The second kappa shape index (κ2) is 10.5. The van der Waals surface area contributed by atoms with Gasteiger partial charge in [-0.3, -0.25) is 9.69 Å². The summed E-state index contributed by atoms with van der Waals surface area (Å²) < 4.78 is 0. The van der Waals surface area contributed by atoms with Crippen molar-refractivity contribution in [3.05, 3.63) is 27.7 Å². The zero-order valence-electron chi connectivity index (χ0n) is 21.7. The van der Waals surface area contributed by atoms with Crippen LogP contribution < -0.4 is 4.90 Å². The summed E-state index contributed by atoms with van der Waals surface area (Å²) in [6.07, 6.45) is 7.07. The first-order valence-electron chi connectivity index (χ1n) is 13.7. The van der Waals surface area contributed by atoms with E-state index in [0.29, 0.717) is 16.1 Å². The van der Waals surface area contributed by atoms with E-state index >= 15 is 0 Å². The second-order valence-corrected chi connectivity index (χ2v) is 12.6. The van der Waals surface area contributed by atoms with Crippen molar-refractivity contribution in [2.45, 2.75) is 63.8 Å². The zero-order valence-corrected chi connectivity index (χ0v) is 23.3. The van der Waals surface area contributed by atoms with Gasteiger partial charge in [0.15, 0.2) is 0 Å². The number of carbonyl (C=O) groups excluding carboxylic acids is 1. The molecular formula is C28H42Cl2N4O. The highest BCUT2D eigenvalue weighted by Gasteiger charge is 2.52. The number of likely N-dealkylation sites (tertiary alicyclic amines) is 1. The monoisotopic (exact) mass is 520 g/mol. The maximum atomic E-state index is 14.1. The highest BCUT2D eigenvalue weighted by Crippen LogP contribution is 2.50. The molecule has 3 aliphatic heterocycles. The van der Waals surface area contributed by atoms with E-state index in [2.05, 4.69) is 35.6 Å². The number of carbonyl (C=O) groups is 1. The molecule has 0 aromatic heterocycles. The van der Waals surface area contributed by atoms with Crippen LogP contribution in [-0.4, -0.2) is 86.1 Å². The van der Waals surface area contributed by atoms with Gasteiger partial charge in [0.1, 0.15) is 0 Å². The fourth-order valence-corrected chi connectivity index (χ4v) is 7.37. The topological polar surface area (TPSA) is 30.0 Å². The Morgan fingerprint density at radius 1 is 0.914 bits per heavy atom. The minimum absolute atomic E-state index is 0.267. The van der Waals surface area contributed by atoms with Crippen molar-refractivity contribution < 1.29 is 4.79 Å². The molecule has 5 rings (SSSR count). The summed E-state index contributed by atoms with van der Waals surface area (Å²) in [5.41, 5.74) is 1.65. The molecule has 194 valence electrons. The van der Waals surface area contributed by atoms with Crippen molar-refractivity contribution >= 4 is 34.8 Å². The van der Waals surface area contributed by atoms with E-state index in [0.717, 1.165) is 88.3 Å². The molecule has 3 heterocycles. The Kier molecular flexibility index (Phi) is 7.73. The van der Waals surface area contributed by atoms with E-state index < -0.39 is 5.41 Å². The first-order valence-corrected chi connectivity index (χ1v) is 14.5. The molecule has 0 N–H and O–H groups in total. The molecular weight excluding hydrogens is 479 g/mol. The molecule has 0 atom stereocenters. The molecule has 5 nitrogen and oxygen atoms in total. The number of piperazine rings is 1. The van der Waals surface area contributed by atoms with Gasteiger partial charge < -0.3 is 14.7 Å². The van der Waals surface area contributed by atoms with Gasteiger partial charge in [0.05, 0.1) is 15.5 Å². The fourth-order valence-electron chi connectivity index (χ4n) is 7.05. The number of hydrogen-bond donors (Lipinski definition) is 0. The zero-order chi connectivity index (χ0) is 24.7. The first kappa shape index (κ1) is 25.8. The van der Waals surface area contributed by atoms with Crippen LogP contribution in [0.2, 0.25) is 10.0 Å². The third-order valence-corrected chi connectivity index (χ3v) is 10.3. The lowest BCUT2D eigenvalue weighted by molar-refractivity contribution is -0.125. The molecule has 3 fully saturated rings. The van der Waals surface area contributed by atoms with Gasteiger partial charge in [0.25, 0.3) is 0 Å². The van der Waals surface area contributed by atoms with Gasteiger partial charge in [-0.1, -0.05) is 37.0 Å². The molecule has 1 saturated carbocycles. The molecule has 1 aromatic rings. The Labute approximate surface area is 221 Å². The van der Waals surface area contributed by atoms with Crippen molar-refractivity contribution in [1.29, 1.82) is 0 Å². The largest absolute Gasteiger partial charge is 0.310 e. The van der Waals surface area contributed by atoms with Crippen LogP contribution >= 0.6 is 23.2 Å². The molecule has 0 unspecified atom stereocenters. The summed E-state index contributed by atoms with van der Waals surface area (Å²) in [5, 5.41) is 1.10. The lowest BCUT2D eigenvalue weighted by atomic mass is 9.72. The van der Waals surface area contributed by atoms with E-state index in [1.54, 1.807) is 0 Å². The normalized spacial score (nSPS) is 28.3. The Morgan fingerprint density at radius 3 is 2.17 bits per heavy atom. The van der Waals surface area contributed by atoms with Gasteiger partial charge in [0.2, 0.25) is 5.91 Å². The fraction of sp³-hybridized carbons (Fsp3) is 0.750. The van der Waals surface area contributed by atoms with E-state index in [1.165, 1.54) is 25.7 Å². The van der Waals surface area contributed by atoms with E-state index in [1.807, 2.05) is 17.0 Å². The standard InChI is InChI=1S/C28H42Cl2N4O/c1-20(2)21-4-6-22(7-5-21)33-10-8-28(9-11-33)23-18-24(29)25(30)19-26(23)34(27(28)35)17-16-32-14-12-31(3)13-15-32/h18-22H,4-17H2,1-3H3. The average molecular weight is 522 g/mol. The van der Waals surface area contributed by atoms with Gasteiger partial charge in [-0.2, -0.15) is 0 Å². The van der Waals surface area contributed by atoms with Crippen LogP contribution in [0.3, 0.4) is 0 Å². The lowest BCUT2D eigenvalue weighted by Crippen LogP contribution is -2.53. The van der Waals surface area contributed by atoms with Crippen LogP contribution in [0, 0.1) is 11.8 Å². The molecule has 0 bridgehead atoms. The van der Waals surface area contributed by atoms with Crippen molar-refractivity contribution in [2.24, 2.45) is 11.8 Å². The number of amides is 1. The van der Waals surface area contributed by atoms with Crippen molar-refractivity contribution in [3.8, 4) is 0 Å². The summed E-state index contributed by atoms with van der Waals surface area (Å²) in [4.78, 5) is 23.6. The lowest BCUT2D eigenvalue weighted by Gasteiger charge is -2.44. The van der Waals surface area contributed by atoms with Crippen LogP contribution in [0.25, 0.3) is 0 Å². The number of fused-ring (bicyclic) bond motifs is 2. The maximum absolute atomic E-state index is 14.1. The second-order valence-electron chi connectivity index (χ2n) is 11.8. The smallest absolute Gasteiger partial charge is 0.237 e. The molecule has 2 saturated heterocycles. The van der Waals surface area contributed by atoms with Crippen LogP contribution in [0.4, 0.5) is 5.69 Å². The molecule has 4 aliphatic rings. The number of hydrogen-bond acceptors (Lipinski definition) is 4. The van der Waals surface area contributed by atoms with Gasteiger partial charge >= 0.3 is 0 Å². The van der Waals surface area contributed by atoms with Gasteiger partial charge in [-0.05, 0) is 88.2 Å². The Morgan fingerprint density at radius 2 is 1.54 bits per heavy atom. The number of benzene rings is 1. The number of halogens is 2. The summed E-state index contributed by atoms with van der Waals surface area (Å²) in [6, 6.07) is 4.62. The van der Waals surface area contributed by atoms with Crippen LogP contribution in [0.15, 0.2) is 12.1 Å². The molecule has 1 aliphatic carbocycles. The third-order valence-electron chi connectivity index (χ3n) is 9.59. The van der Waals surface area contributed by atoms with Crippen LogP contribution in [0.5, 0.6) is 0 Å². The number of likely N-dealkylation sites (N-methyl/N-ethyl adjacent to an activating group) is 1. The van der Waals surface area contributed by atoms with Gasteiger partial charge in [0, 0.05) is 51.0 Å².